The Hall–Kier alpha value is -1.06. The molecule has 0 N–H and O–H groups in total. The van der Waals surface area contributed by atoms with E-state index >= 15 is 0 Å². The van der Waals surface area contributed by atoms with E-state index in [1.807, 2.05) is 0 Å². The maximum absolute atomic E-state index is 12.4. The number of oxime groups is 1. The zero-order valence-corrected chi connectivity index (χ0v) is 12.7. The van der Waals surface area contributed by atoms with E-state index in [4.69, 9.17) is 4.84 Å². The molecule has 1 spiro atoms. The number of likely N-dealkylation sites (tertiary alicyclic amines) is 1. The number of hydrogen-bond donors (Lipinski definition) is 0. The molecule has 0 aromatic heterocycles. The van der Waals surface area contributed by atoms with E-state index in [0.717, 1.165) is 45.2 Å². The lowest BCUT2D eigenvalue weighted by Crippen LogP contribution is -2.48. The van der Waals surface area contributed by atoms with Crippen molar-refractivity contribution in [1.82, 2.24) is 4.90 Å². The zero-order valence-electron chi connectivity index (χ0n) is 12.7. The van der Waals surface area contributed by atoms with Gasteiger partial charge in [-0.25, -0.2) is 0 Å². The first-order valence-electron chi connectivity index (χ1n) is 8.13. The van der Waals surface area contributed by atoms with Crippen LogP contribution in [0.1, 0.15) is 58.8 Å². The normalized spacial score (nSPS) is 26.1. The lowest BCUT2D eigenvalue weighted by Gasteiger charge is -2.38. The minimum absolute atomic E-state index is 0.105. The van der Waals surface area contributed by atoms with Crippen LogP contribution >= 0.6 is 0 Å². The number of carbonyl (C=O) groups is 1. The largest absolute Gasteiger partial charge is 0.389 e. The van der Waals surface area contributed by atoms with Gasteiger partial charge in [0.15, 0.2) is 0 Å². The molecule has 0 aromatic carbocycles. The molecule has 3 aliphatic rings. The summed E-state index contributed by atoms with van der Waals surface area (Å²) in [5.41, 5.74) is 1.08. The van der Waals surface area contributed by atoms with Gasteiger partial charge < -0.3 is 9.74 Å². The highest BCUT2D eigenvalue weighted by molar-refractivity contribution is 5.87. The fourth-order valence-electron chi connectivity index (χ4n) is 3.69. The number of rotatable bonds is 2. The number of amides is 1. The first-order chi connectivity index (χ1) is 9.60. The van der Waals surface area contributed by atoms with E-state index in [1.165, 1.54) is 18.6 Å². The summed E-state index contributed by atoms with van der Waals surface area (Å²) in [6, 6.07) is 0. The molecule has 0 radical (unpaired) electrons. The van der Waals surface area contributed by atoms with Crippen LogP contribution in [0.2, 0.25) is 0 Å². The average Bonchev–Trinajstić information content (AvgIpc) is 3.09. The number of carbonyl (C=O) groups excluding carboxylic acids is 1. The van der Waals surface area contributed by atoms with Crippen molar-refractivity contribution in [2.75, 3.05) is 13.1 Å². The van der Waals surface area contributed by atoms with Crippen molar-refractivity contribution < 1.29 is 9.63 Å². The van der Waals surface area contributed by atoms with Crippen molar-refractivity contribution in [3.63, 3.8) is 0 Å². The molecule has 4 nitrogen and oxygen atoms in total. The Balaban J connectivity index is 1.54. The van der Waals surface area contributed by atoms with E-state index in [2.05, 4.69) is 23.9 Å². The fourth-order valence-corrected chi connectivity index (χ4v) is 3.69. The average molecular weight is 278 g/mol. The van der Waals surface area contributed by atoms with Gasteiger partial charge in [-0.2, -0.15) is 0 Å². The summed E-state index contributed by atoms with van der Waals surface area (Å²) >= 11 is 0. The van der Waals surface area contributed by atoms with Gasteiger partial charge in [0.05, 0.1) is 5.71 Å². The predicted octanol–water partition coefficient (Wildman–Crippen LogP) is 2.97. The van der Waals surface area contributed by atoms with Crippen LogP contribution in [-0.2, 0) is 9.63 Å². The highest BCUT2D eigenvalue weighted by atomic mass is 16.7. The van der Waals surface area contributed by atoms with E-state index in [-0.39, 0.29) is 5.60 Å². The first kappa shape index (κ1) is 13.9. The molecule has 2 heterocycles. The van der Waals surface area contributed by atoms with Gasteiger partial charge in [0.2, 0.25) is 5.91 Å². The quantitative estimate of drug-likeness (QED) is 0.779. The van der Waals surface area contributed by atoms with Crippen LogP contribution in [-0.4, -0.2) is 35.2 Å². The summed E-state index contributed by atoms with van der Waals surface area (Å²) in [6.07, 6.45) is 7.47. The molecular weight excluding hydrogens is 252 g/mol. The molecule has 3 rings (SSSR count). The standard InChI is InChI=1S/C16H26N2O2/c1-12(2)14-11-16(20-17-14)7-9-18(10-8-16)15(19)13-5-3-4-6-13/h12-13H,3-11H2,1-2H3. The van der Waals surface area contributed by atoms with Gasteiger partial charge in [0.25, 0.3) is 0 Å². The van der Waals surface area contributed by atoms with Gasteiger partial charge in [-0.3, -0.25) is 4.79 Å². The van der Waals surface area contributed by atoms with Crippen LogP contribution in [0.4, 0.5) is 0 Å². The van der Waals surface area contributed by atoms with Crippen molar-refractivity contribution in [3.8, 4) is 0 Å². The van der Waals surface area contributed by atoms with Gasteiger partial charge in [-0.05, 0) is 18.8 Å². The smallest absolute Gasteiger partial charge is 0.225 e. The van der Waals surface area contributed by atoms with Crippen LogP contribution in [0.3, 0.4) is 0 Å². The van der Waals surface area contributed by atoms with Crippen molar-refractivity contribution in [2.24, 2.45) is 17.0 Å². The molecule has 20 heavy (non-hydrogen) atoms. The molecule has 1 saturated carbocycles. The Morgan fingerprint density at radius 2 is 1.95 bits per heavy atom. The third-order valence-electron chi connectivity index (χ3n) is 5.22. The molecule has 1 amide bonds. The van der Waals surface area contributed by atoms with Crippen LogP contribution < -0.4 is 0 Å². The second kappa shape index (κ2) is 5.38. The molecule has 0 unspecified atom stereocenters. The third-order valence-corrected chi connectivity index (χ3v) is 5.22. The highest BCUT2D eigenvalue weighted by Crippen LogP contribution is 2.37. The Bertz CT molecular complexity index is 403. The van der Waals surface area contributed by atoms with Crippen molar-refractivity contribution in [3.05, 3.63) is 0 Å². The number of piperidine rings is 1. The Morgan fingerprint density at radius 1 is 1.30 bits per heavy atom. The van der Waals surface area contributed by atoms with E-state index < -0.39 is 0 Å². The Kier molecular flexibility index (Phi) is 3.74. The molecule has 1 aliphatic carbocycles. The molecule has 2 fully saturated rings. The second-order valence-corrected chi connectivity index (χ2v) is 7.00. The van der Waals surface area contributed by atoms with Gasteiger partial charge in [-0.1, -0.05) is 31.8 Å². The van der Waals surface area contributed by atoms with Crippen molar-refractivity contribution in [1.29, 1.82) is 0 Å². The summed E-state index contributed by atoms with van der Waals surface area (Å²) in [5, 5.41) is 4.27. The Labute approximate surface area is 121 Å². The predicted molar refractivity (Wildman–Crippen MR) is 78.5 cm³/mol. The number of hydrogen-bond acceptors (Lipinski definition) is 3. The third kappa shape index (κ3) is 2.57. The highest BCUT2D eigenvalue weighted by Gasteiger charge is 2.43. The van der Waals surface area contributed by atoms with E-state index in [9.17, 15) is 4.79 Å². The lowest BCUT2D eigenvalue weighted by molar-refractivity contribution is -0.141. The summed E-state index contributed by atoms with van der Waals surface area (Å²) < 4.78 is 0. The minimum Gasteiger partial charge on any atom is -0.389 e. The maximum Gasteiger partial charge on any atom is 0.225 e. The molecular formula is C16H26N2O2. The first-order valence-corrected chi connectivity index (χ1v) is 8.13. The summed E-state index contributed by atoms with van der Waals surface area (Å²) in [4.78, 5) is 20.3. The van der Waals surface area contributed by atoms with E-state index in [1.54, 1.807) is 0 Å². The molecule has 2 aliphatic heterocycles. The minimum atomic E-state index is -0.105. The molecule has 4 heteroatoms. The van der Waals surface area contributed by atoms with Crippen LogP contribution in [0.5, 0.6) is 0 Å². The molecule has 1 saturated heterocycles. The maximum atomic E-state index is 12.4. The fraction of sp³-hybridized carbons (Fsp3) is 0.875. The second-order valence-electron chi connectivity index (χ2n) is 7.00. The van der Waals surface area contributed by atoms with Gasteiger partial charge in [-0.15, -0.1) is 0 Å². The summed E-state index contributed by atoms with van der Waals surface area (Å²) in [7, 11) is 0. The van der Waals surface area contributed by atoms with Gasteiger partial charge in [0.1, 0.15) is 5.60 Å². The van der Waals surface area contributed by atoms with Crippen LogP contribution in [0.25, 0.3) is 0 Å². The van der Waals surface area contributed by atoms with Gasteiger partial charge in [0, 0.05) is 38.3 Å². The summed E-state index contributed by atoms with van der Waals surface area (Å²) in [6.45, 7) is 6.02. The monoisotopic (exact) mass is 278 g/mol. The van der Waals surface area contributed by atoms with E-state index in [0.29, 0.717) is 17.7 Å². The summed E-state index contributed by atoms with van der Waals surface area (Å²) in [5.74, 6) is 1.16. The SMILES string of the molecule is CC(C)C1=NOC2(CCN(C(=O)C3CCCC3)CC2)C1. The molecule has 0 aromatic rings. The van der Waals surface area contributed by atoms with Crippen molar-refractivity contribution >= 4 is 11.6 Å². The zero-order chi connectivity index (χ0) is 14.2. The van der Waals surface area contributed by atoms with Crippen molar-refractivity contribution in [2.45, 2.75) is 64.4 Å². The molecule has 0 bridgehead atoms. The number of nitrogens with zero attached hydrogens (tertiary/aromatic N) is 2. The van der Waals surface area contributed by atoms with Crippen LogP contribution in [0.15, 0.2) is 5.16 Å². The van der Waals surface area contributed by atoms with Crippen LogP contribution in [0, 0.1) is 11.8 Å². The lowest BCUT2D eigenvalue weighted by atomic mass is 9.84. The molecule has 0 atom stereocenters. The topological polar surface area (TPSA) is 41.9 Å². The Morgan fingerprint density at radius 3 is 2.50 bits per heavy atom. The van der Waals surface area contributed by atoms with Gasteiger partial charge >= 0.3 is 0 Å². The molecule has 112 valence electrons.